The van der Waals surface area contributed by atoms with Crippen LogP contribution < -0.4 is 0 Å². The van der Waals surface area contributed by atoms with Crippen molar-refractivity contribution < 1.29 is 15.0 Å². The number of hydrogen-bond acceptors (Lipinski definition) is 3. The van der Waals surface area contributed by atoms with Gasteiger partial charge >= 0.3 is 0 Å². The summed E-state index contributed by atoms with van der Waals surface area (Å²) in [6.45, 7) is 1.42. The Kier molecular flexibility index (Phi) is 5.70. The van der Waals surface area contributed by atoms with Crippen LogP contribution >= 0.6 is 0 Å². The highest BCUT2D eigenvalue weighted by Gasteiger charge is 2.00. The van der Waals surface area contributed by atoms with Crippen molar-refractivity contribution in [2.45, 2.75) is 25.9 Å². The Labute approximate surface area is 66.4 Å². The molecule has 0 saturated carbocycles. The number of hydrogen-bond donors (Lipinski definition) is 2. The van der Waals surface area contributed by atoms with Gasteiger partial charge in [0.1, 0.15) is 5.78 Å². The van der Waals surface area contributed by atoms with Crippen molar-refractivity contribution >= 4 is 5.78 Å². The first-order valence-electron chi connectivity index (χ1n) is 3.62. The van der Waals surface area contributed by atoms with Gasteiger partial charge in [-0.3, -0.25) is 0 Å². The lowest BCUT2D eigenvalue weighted by atomic mass is 10.1. The van der Waals surface area contributed by atoms with E-state index in [-0.39, 0.29) is 12.4 Å². The average Bonchev–Trinajstić information content (AvgIpc) is 1.97. The molecule has 11 heavy (non-hydrogen) atoms. The summed E-state index contributed by atoms with van der Waals surface area (Å²) >= 11 is 0. The zero-order valence-electron chi connectivity index (χ0n) is 6.66. The maximum atomic E-state index is 10.4. The van der Waals surface area contributed by atoms with Crippen LogP contribution in [0.1, 0.15) is 19.8 Å². The van der Waals surface area contributed by atoms with Gasteiger partial charge in [-0.1, -0.05) is 12.2 Å². The van der Waals surface area contributed by atoms with E-state index in [1.807, 2.05) is 0 Å². The lowest BCUT2D eigenvalue weighted by molar-refractivity contribution is -0.117. The molecule has 64 valence electrons. The lowest BCUT2D eigenvalue weighted by Crippen LogP contribution is -2.04. The second-order valence-electron chi connectivity index (χ2n) is 2.42. The Hall–Kier alpha value is -0.670. The van der Waals surface area contributed by atoms with Crippen LogP contribution in [0, 0.1) is 0 Å². The minimum Gasteiger partial charge on any atom is -0.392 e. The Morgan fingerprint density at radius 1 is 1.64 bits per heavy atom. The standard InChI is InChI=1S/C8H14O3/c1-7(10)4-5-8(11)3-2-6-9/h2-3,8-9,11H,4-6H2,1H3. The second kappa shape index (κ2) is 6.07. The van der Waals surface area contributed by atoms with Gasteiger partial charge in [-0.15, -0.1) is 0 Å². The summed E-state index contributed by atoms with van der Waals surface area (Å²) in [7, 11) is 0. The molecule has 0 bridgehead atoms. The third-order valence-corrected chi connectivity index (χ3v) is 1.26. The predicted octanol–water partition coefficient (Wildman–Crippen LogP) is 0.265. The quantitative estimate of drug-likeness (QED) is 0.564. The monoisotopic (exact) mass is 158 g/mol. The number of ketones is 1. The molecular formula is C8H14O3. The van der Waals surface area contributed by atoms with Gasteiger partial charge in [0.15, 0.2) is 0 Å². The van der Waals surface area contributed by atoms with E-state index in [4.69, 9.17) is 10.2 Å². The van der Waals surface area contributed by atoms with Gasteiger partial charge in [0.2, 0.25) is 0 Å². The zero-order valence-corrected chi connectivity index (χ0v) is 6.66. The van der Waals surface area contributed by atoms with Crippen molar-refractivity contribution in [2.24, 2.45) is 0 Å². The average molecular weight is 158 g/mol. The molecule has 0 saturated heterocycles. The molecule has 0 aliphatic carbocycles. The molecule has 0 heterocycles. The summed E-state index contributed by atoms with van der Waals surface area (Å²) in [5.74, 6) is 0.0708. The smallest absolute Gasteiger partial charge is 0.129 e. The molecule has 3 heteroatoms. The van der Waals surface area contributed by atoms with Gasteiger partial charge in [0, 0.05) is 6.42 Å². The Bertz CT molecular complexity index is 140. The van der Waals surface area contributed by atoms with Crippen LogP contribution in [0.4, 0.5) is 0 Å². The van der Waals surface area contributed by atoms with Crippen LogP contribution in [-0.4, -0.2) is 28.7 Å². The van der Waals surface area contributed by atoms with E-state index in [1.54, 1.807) is 0 Å². The molecule has 0 aliphatic rings. The highest BCUT2D eigenvalue weighted by atomic mass is 16.3. The minimum absolute atomic E-state index is 0.0708. The first kappa shape index (κ1) is 10.3. The summed E-state index contributed by atoms with van der Waals surface area (Å²) in [5.41, 5.74) is 0. The van der Waals surface area contributed by atoms with E-state index >= 15 is 0 Å². The molecule has 2 N–H and O–H groups in total. The third-order valence-electron chi connectivity index (χ3n) is 1.26. The summed E-state index contributed by atoms with van der Waals surface area (Å²) in [6, 6.07) is 0. The van der Waals surface area contributed by atoms with Crippen LogP contribution in [-0.2, 0) is 4.79 Å². The lowest BCUT2D eigenvalue weighted by Gasteiger charge is -2.01. The Morgan fingerprint density at radius 2 is 2.27 bits per heavy atom. The maximum Gasteiger partial charge on any atom is 0.129 e. The molecule has 0 fully saturated rings. The normalized spacial score (nSPS) is 13.7. The van der Waals surface area contributed by atoms with E-state index in [1.165, 1.54) is 19.1 Å². The van der Waals surface area contributed by atoms with Crippen LogP contribution in [0.25, 0.3) is 0 Å². The molecule has 3 nitrogen and oxygen atoms in total. The van der Waals surface area contributed by atoms with Crippen LogP contribution in [0.3, 0.4) is 0 Å². The minimum atomic E-state index is -0.606. The second-order valence-corrected chi connectivity index (χ2v) is 2.42. The van der Waals surface area contributed by atoms with Crippen molar-refractivity contribution in [3.05, 3.63) is 12.2 Å². The first-order valence-corrected chi connectivity index (χ1v) is 3.62. The maximum absolute atomic E-state index is 10.4. The largest absolute Gasteiger partial charge is 0.392 e. The number of rotatable bonds is 5. The molecule has 1 unspecified atom stereocenters. The SMILES string of the molecule is CC(=O)CCC(O)C=CCO. The first-order chi connectivity index (χ1) is 5.16. The van der Waals surface area contributed by atoms with Crippen molar-refractivity contribution in [3.63, 3.8) is 0 Å². The molecular weight excluding hydrogens is 144 g/mol. The van der Waals surface area contributed by atoms with Gasteiger partial charge in [0.25, 0.3) is 0 Å². The molecule has 0 aromatic rings. The fraction of sp³-hybridized carbons (Fsp3) is 0.625. The number of carbonyl (C=O) groups is 1. The molecule has 1 atom stereocenters. The van der Waals surface area contributed by atoms with Gasteiger partial charge in [0.05, 0.1) is 12.7 Å². The van der Waals surface area contributed by atoms with Crippen molar-refractivity contribution in [1.82, 2.24) is 0 Å². The summed E-state index contributed by atoms with van der Waals surface area (Å²) in [5, 5.41) is 17.4. The molecule has 0 radical (unpaired) electrons. The Morgan fingerprint density at radius 3 is 2.73 bits per heavy atom. The van der Waals surface area contributed by atoms with E-state index < -0.39 is 6.10 Å². The summed E-state index contributed by atoms with van der Waals surface area (Å²) < 4.78 is 0. The molecule has 0 amide bonds. The molecule has 0 aromatic heterocycles. The van der Waals surface area contributed by atoms with Gasteiger partial charge < -0.3 is 15.0 Å². The van der Waals surface area contributed by atoms with Gasteiger partial charge in [-0.05, 0) is 13.3 Å². The summed E-state index contributed by atoms with van der Waals surface area (Å²) in [6.07, 6.45) is 3.17. The van der Waals surface area contributed by atoms with E-state index in [9.17, 15) is 4.79 Å². The molecule has 0 spiro atoms. The van der Waals surface area contributed by atoms with Crippen molar-refractivity contribution in [2.75, 3.05) is 6.61 Å². The summed E-state index contributed by atoms with van der Waals surface area (Å²) in [4.78, 5) is 10.4. The third kappa shape index (κ3) is 7.22. The highest BCUT2D eigenvalue weighted by Crippen LogP contribution is 1.98. The predicted molar refractivity (Wildman–Crippen MR) is 42.1 cm³/mol. The molecule has 0 aliphatic heterocycles. The molecule has 0 aromatic carbocycles. The molecule has 0 rings (SSSR count). The van der Waals surface area contributed by atoms with E-state index in [2.05, 4.69) is 0 Å². The fourth-order valence-electron chi connectivity index (χ4n) is 0.665. The van der Waals surface area contributed by atoms with E-state index in [0.29, 0.717) is 12.8 Å². The number of aliphatic hydroxyl groups excluding tert-OH is 2. The number of carbonyl (C=O) groups excluding carboxylic acids is 1. The topological polar surface area (TPSA) is 57.5 Å². The number of Topliss-reactive ketones (excluding diaryl/α,β-unsaturated/α-hetero) is 1. The highest BCUT2D eigenvalue weighted by molar-refractivity contribution is 5.75. The van der Waals surface area contributed by atoms with E-state index in [0.717, 1.165) is 0 Å². The van der Waals surface area contributed by atoms with Gasteiger partial charge in [-0.25, -0.2) is 0 Å². The van der Waals surface area contributed by atoms with Crippen LogP contribution in [0.5, 0.6) is 0 Å². The zero-order chi connectivity index (χ0) is 8.69. The van der Waals surface area contributed by atoms with Crippen molar-refractivity contribution in [3.8, 4) is 0 Å². The Balaban J connectivity index is 3.44. The number of aliphatic hydroxyl groups is 2. The van der Waals surface area contributed by atoms with Crippen LogP contribution in [0.15, 0.2) is 12.2 Å². The van der Waals surface area contributed by atoms with Crippen molar-refractivity contribution in [1.29, 1.82) is 0 Å². The van der Waals surface area contributed by atoms with Crippen LogP contribution in [0.2, 0.25) is 0 Å². The van der Waals surface area contributed by atoms with Gasteiger partial charge in [-0.2, -0.15) is 0 Å². The fourth-order valence-corrected chi connectivity index (χ4v) is 0.665.